The van der Waals surface area contributed by atoms with Crippen LogP contribution in [0.4, 0.5) is 5.69 Å². The molecule has 20 heavy (non-hydrogen) atoms. The van der Waals surface area contributed by atoms with Crippen LogP contribution in [0.1, 0.15) is 18.4 Å². The monoisotopic (exact) mass is 267 g/mol. The lowest BCUT2D eigenvalue weighted by Crippen LogP contribution is -2.27. The Bertz CT molecular complexity index is 618. The first-order chi connectivity index (χ1) is 9.76. The Kier molecular flexibility index (Phi) is 3.18. The first-order valence-corrected chi connectivity index (χ1v) is 6.76. The highest BCUT2D eigenvalue weighted by atomic mass is 16.5. The molecule has 1 fully saturated rings. The topological polar surface area (TPSA) is 38.3 Å². The summed E-state index contributed by atoms with van der Waals surface area (Å²) in [5, 5.41) is 3.00. The zero-order chi connectivity index (χ0) is 14.0. The van der Waals surface area contributed by atoms with E-state index in [0.717, 1.165) is 24.1 Å². The molecule has 0 unspecified atom stereocenters. The van der Waals surface area contributed by atoms with Gasteiger partial charge in [-0.05, 0) is 30.5 Å². The number of amides is 1. The molecule has 2 aromatic rings. The third-order valence-corrected chi connectivity index (χ3v) is 3.87. The highest BCUT2D eigenvalue weighted by Crippen LogP contribution is 2.49. The van der Waals surface area contributed by atoms with Crippen LogP contribution < -0.4 is 10.1 Å². The first kappa shape index (κ1) is 12.7. The third kappa shape index (κ3) is 2.16. The van der Waals surface area contributed by atoms with Crippen molar-refractivity contribution in [3.8, 4) is 5.75 Å². The standard InChI is InChI=1S/C17H17NO2/c1-20-15-10-6-5-9-14(15)18-16(19)17(11-12-17)13-7-3-2-4-8-13/h2-10H,11-12H2,1H3,(H,18,19). The lowest BCUT2D eigenvalue weighted by molar-refractivity contribution is -0.118. The molecule has 2 aromatic carbocycles. The van der Waals surface area contributed by atoms with E-state index in [1.807, 2.05) is 54.6 Å². The van der Waals surface area contributed by atoms with Gasteiger partial charge in [-0.2, -0.15) is 0 Å². The number of ether oxygens (including phenoxy) is 1. The fourth-order valence-corrected chi connectivity index (χ4v) is 2.52. The fraction of sp³-hybridized carbons (Fsp3) is 0.235. The third-order valence-electron chi connectivity index (χ3n) is 3.87. The zero-order valence-corrected chi connectivity index (χ0v) is 11.4. The summed E-state index contributed by atoms with van der Waals surface area (Å²) in [6, 6.07) is 17.5. The summed E-state index contributed by atoms with van der Waals surface area (Å²) in [5.74, 6) is 0.734. The maximum absolute atomic E-state index is 12.6. The molecule has 3 nitrogen and oxygen atoms in total. The quantitative estimate of drug-likeness (QED) is 0.922. The lowest BCUT2D eigenvalue weighted by atomic mass is 9.95. The summed E-state index contributed by atoms with van der Waals surface area (Å²) in [6.45, 7) is 0. The van der Waals surface area contributed by atoms with Crippen molar-refractivity contribution in [2.75, 3.05) is 12.4 Å². The molecule has 1 aliphatic rings. The smallest absolute Gasteiger partial charge is 0.235 e. The van der Waals surface area contributed by atoms with Crippen molar-refractivity contribution in [3.63, 3.8) is 0 Å². The van der Waals surface area contributed by atoms with Crippen molar-refractivity contribution < 1.29 is 9.53 Å². The van der Waals surface area contributed by atoms with Crippen LogP contribution in [0.25, 0.3) is 0 Å². The normalized spacial score (nSPS) is 15.4. The van der Waals surface area contributed by atoms with Crippen molar-refractivity contribution >= 4 is 11.6 Å². The molecule has 1 saturated carbocycles. The van der Waals surface area contributed by atoms with E-state index in [9.17, 15) is 4.79 Å². The molecular weight excluding hydrogens is 250 g/mol. The van der Waals surface area contributed by atoms with Gasteiger partial charge >= 0.3 is 0 Å². The van der Waals surface area contributed by atoms with Crippen molar-refractivity contribution in [1.82, 2.24) is 0 Å². The number of hydrogen-bond donors (Lipinski definition) is 1. The van der Waals surface area contributed by atoms with Crippen LogP contribution in [-0.4, -0.2) is 13.0 Å². The van der Waals surface area contributed by atoms with Gasteiger partial charge in [0.2, 0.25) is 5.91 Å². The summed E-state index contributed by atoms with van der Waals surface area (Å²) in [7, 11) is 1.61. The minimum Gasteiger partial charge on any atom is -0.495 e. The van der Waals surface area contributed by atoms with Gasteiger partial charge in [-0.15, -0.1) is 0 Å². The molecule has 3 rings (SSSR count). The Hall–Kier alpha value is -2.29. The van der Waals surface area contributed by atoms with Gasteiger partial charge in [0.1, 0.15) is 5.75 Å². The molecule has 0 radical (unpaired) electrons. The number of hydrogen-bond acceptors (Lipinski definition) is 2. The highest BCUT2D eigenvalue weighted by Gasteiger charge is 2.51. The predicted octanol–water partition coefficient (Wildman–Crippen LogP) is 3.37. The van der Waals surface area contributed by atoms with E-state index in [1.54, 1.807) is 7.11 Å². The van der Waals surface area contributed by atoms with Crippen LogP contribution in [0.15, 0.2) is 54.6 Å². The van der Waals surface area contributed by atoms with Gasteiger partial charge in [0.05, 0.1) is 18.2 Å². The summed E-state index contributed by atoms with van der Waals surface area (Å²) in [6.07, 6.45) is 1.80. The van der Waals surface area contributed by atoms with E-state index in [1.165, 1.54) is 0 Å². The van der Waals surface area contributed by atoms with E-state index in [-0.39, 0.29) is 11.3 Å². The van der Waals surface area contributed by atoms with Gasteiger partial charge in [0.25, 0.3) is 0 Å². The SMILES string of the molecule is COc1ccccc1NC(=O)C1(c2ccccc2)CC1. The van der Waals surface area contributed by atoms with Gasteiger partial charge < -0.3 is 10.1 Å². The second-order valence-corrected chi connectivity index (χ2v) is 5.10. The minimum atomic E-state index is -0.359. The molecule has 3 heteroatoms. The van der Waals surface area contributed by atoms with E-state index < -0.39 is 0 Å². The maximum atomic E-state index is 12.6. The van der Waals surface area contributed by atoms with E-state index in [4.69, 9.17) is 4.74 Å². The number of carbonyl (C=O) groups excluding carboxylic acids is 1. The van der Waals surface area contributed by atoms with Gasteiger partial charge in [0.15, 0.2) is 0 Å². The molecule has 0 aromatic heterocycles. The number of nitrogens with one attached hydrogen (secondary N) is 1. The molecule has 0 bridgehead atoms. The van der Waals surface area contributed by atoms with Gasteiger partial charge in [-0.25, -0.2) is 0 Å². The highest BCUT2D eigenvalue weighted by molar-refractivity contribution is 6.02. The Morgan fingerprint density at radius 2 is 1.70 bits per heavy atom. The van der Waals surface area contributed by atoms with Crippen LogP contribution >= 0.6 is 0 Å². The van der Waals surface area contributed by atoms with Gasteiger partial charge in [-0.3, -0.25) is 4.79 Å². The number of anilines is 1. The van der Waals surface area contributed by atoms with Crippen LogP contribution in [0.2, 0.25) is 0 Å². The molecule has 1 aliphatic carbocycles. The van der Waals surface area contributed by atoms with Gasteiger partial charge in [0, 0.05) is 0 Å². The van der Waals surface area contributed by atoms with E-state index >= 15 is 0 Å². The number of methoxy groups -OCH3 is 1. The fourth-order valence-electron chi connectivity index (χ4n) is 2.52. The number of para-hydroxylation sites is 2. The summed E-state index contributed by atoms with van der Waals surface area (Å²) >= 11 is 0. The Labute approximate surface area is 118 Å². The van der Waals surface area contributed by atoms with Crippen molar-refractivity contribution in [3.05, 3.63) is 60.2 Å². The Morgan fingerprint density at radius 3 is 2.35 bits per heavy atom. The second kappa shape index (κ2) is 5.00. The van der Waals surface area contributed by atoms with Crippen LogP contribution in [0, 0.1) is 0 Å². The average Bonchev–Trinajstić information content (AvgIpc) is 3.30. The summed E-state index contributed by atoms with van der Waals surface area (Å²) in [5.41, 5.74) is 1.46. The summed E-state index contributed by atoms with van der Waals surface area (Å²) in [4.78, 5) is 12.6. The maximum Gasteiger partial charge on any atom is 0.235 e. The molecular formula is C17H17NO2. The molecule has 102 valence electrons. The van der Waals surface area contributed by atoms with Crippen LogP contribution in [0.5, 0.6) is 5.75 Å². The second-order valence-electron chi connectivity index (χ2n) is 5.10. The van der Waals surface area contributed by atoms with Crippen LogP contribution in [0.3, 0.4) is 0 Å². The van der Waals surface area contributed by atoms with Crippen molar-refractivity contribution in [2.24, 2.45) is 0 Å². The van der Waals surface area contributed by atoms with E-state index in [0.29, 0.717) is 5.75 Å². The average molecular weight is 267 g/mol. The Balaban J connectivity index is 1.84. The molecule has 0 spiro atoms. The molecule has 1 N–H and O–H groups in total. The van der Waals surface area contributed by atoms with E-state index in [2.05, 4.69) is 5.32 Å². The van der Waals surface area contributed by atoms with Gasteiger partial charge in [-0.1, -0.05) is 42.5 Å². The van der Waals surface area contributed by atoms with Crippen molar-refractivity contribution in [1.29, 1.82) is 0 Å². The molecule has 1 amide bonds. The zero-order valence-electron chi connectivity index (χ0n) is 11.4. The van der Waals surface area contributed by atoms with Crippen molar-refractivity contribution in [2.45, 2.75) is 18.3 Å². The molecule has 0 aliphatic heterocycles. The minimum absolute atomic E-state index is 0.0493. The molecule has 0 saturated heterocycles. The Morgan fingerprint density at radius 1 is 1.05 bits per heavy atom. The lowest BCUT2D eigenvalue weighted by Gasteiger charge is -2.17. The van der Waals surface area contributed by atoms with Crippen LogP contribution in [-0.2, 0) is 10.2 Å². The molecule has 0 heterocycles. The number of benzene rings is 2. The predicted molar refractivity (Wildman–Crippen MR) is 79.0 cm³/mol. The molecule has 0 atom stereocenters. The summed E-state index contributed by atoms with van der Waals surface area (Å²) < 4.78 is 5.27. The number of carbonyl (C=O) groups is 1. The first-order valence-electron chi connectivity index (χ1n) is 6.76. The number of rotatable bonds is 4. The largest absolute Gasteiger partial charge is 0.495 e.